The molecule has 0 bridgehead atoms. The van der Waals surface area contributed by atoms with E-state index in [2.05, 4.69) is 55.2 Å². The van der Waals surface area contributed by atoms with Crippen LogP contribution in [0.4, 0.5) is 13.2 Å². The summed E-state index contributed by atoms with van der Waals surface area (Å²) in [6, 6.07) is 22.0. The second-order valence-corrected chi connectivity index (χ2v) is 7.84. The topological polar surface area (TPSA) is 0 Å². The van der Waals surface area contributed by atoms with Crippen LogP contribution in [0.5, 0.6) is 0 Å². The zero-order chi connectivity index (χ0) is 21.8. The maximum absolute atomic E-state index is 12.7. The highest BCUT2D eigenvalue weighted by atomic mass is 19.4. The van der Waals surface area contributed by atoms with E-state index in [0.29, 0.717) is 5.56 Å². The molecule has 0 aliphatic carbocycles. The Morgan fingerprint density at radius 3 is 1.97 bits per heavy atom. The van der Waals surface area contributed by atoms with Crippen molar-refractivity contribution in [3.63, 3.8) is 0 Å². The van der Waals surface area contributed by atoms with Gasteiger partial charge in [-0.05, 0) is 76.3 Å². The van der Waals surface area contributed by atoms with Crippen molar-refractivity contribution >= 4 is 21.5 Å². The summed E-state index contributed by atoms with van der Waals surface area (Å²) >= 11 is 0. The Bertz CT molecular complexity index is 1270. The lowest BCUT2D eigenvalue weighted by atomic mass is 9.97. The molecule has 0 aliphatic rings. The van der Waals surface area contributed by atoms with Gasteiger partial charge < -0.3 is 0 Å². The Morgan fingerprint density at radius 2 is 1.29 bits per heavy atom. The van der Waals surface area contributed by atoms with Gasteiger partial charge in [-0.3, -0.25) is 0 Å². The molecule has 0 fully saturated rings. The highest BCUT2D eigenvalue weighted by Crippen LogP contribution is 2.29. The average molecular weight is 416 g/mol. The van der Waals surface area contributed by atoms with Crippen LogP contribution in [0.3, 0.4) is 0 Å². The Kier molecular flexibility index (Phi) is 6.00. The standard InChI is InChI=1S/C28H23F3/c1-2-3-4-5-21-10-16-26-23(18-21)12-13-24-19-22(11-17-27(24)26)7-6-20-8-14-25(15-9-20)28(29,30)31/h8-19H,2-5H2,1H3. The molecule has 0 nitrogen and oxygen atoms in total. The highest BCUT2D eigenvalue weighted by molar-refractivity contribution is 6.07. The van der Waals surface area contributed by atoms with Crippen LogP contribution < -0.4 is 0 Å². The van der Waals surface area contributed by atoms with Gasteiger partial charge in [0.2, 0.25) is 0 Å². The first-order valence-corrected chi connectivity index (χ1v) is 10.6. The monoisotopic (exact) mass is 416 g/mol. The second kappa shape index (κ2) is 8.86. The van der Waals surface area contributed by atoms with Crippen molar-refractivity contribution in [3.05, 3.63) is 95.1 Å². The van der Waals surface area contributed by atoms with Gasteiger partial charge in [-0.15, -0.1) is 0 Å². The normalized spacial score (nSPS) is 11.5. The lowest BCUT2D eigenvalue weighted by Crippen LogP contribution is -2.04. The van der Waals surface area contributed by atoms with Gasteiger partial charge in [0.05, 0.1) is 5.56 Å². The van der Waals surface area contributed by atoms with Gasteiger partial charge in [-0.2, -0.15) is 13.2 Å². The molecule has 4 aromatic rings. The summed E-state index contributed by atoms with van der Waals surface area (Å²) in [5.41, 5.74) is 2.11. The van der Waals surface area contributed by atoms with Crippen LogP contribution in [0.2, 0.25) is 0 Å². The quantitative estimate of drug-likeness (QED) is 0.179. The first-order chi connectivity index (χ1) is 14.9. The SMILES string of the molecule is CCCCCc1ccc2c(ccc3cc(C#Cc4ccc(C(F)(F)F)cc4)ccc32)c1. The van der Waals surface area contributed by atoms with Crippen molar-refractivity contribution in [2.75, 3.05) is 0 Å². The van der Waals surface area contributed by atoms with Crippen LogP contribution in [-0.4, -0.2) is 0 Å². The molecule has 4 aromatic carbocycles. The van der Waals surface area contributed by atoms with E-state index < -0.39 is 11.7 Å². The van der Waals surface area contributed by atoms with Crippen molar-refractivity contribution in [2.24, 2.45) is 0 Å². The van der Waals surface area contributed by atoms with E-state index >= 15 is 0 Å². The lowest BCUT2D eigenvalue weighted by molar-refractivity contribution is -0.137. The van der Waals surface area contributed by atoms with Gasteiger partial charge in [0.1, 0.15) is 0 Å². The summed E-state index contributed by atoms with van der Waals surface area (Å²) in [5.74, 6) is 6.02. The molecule has 0 aliphatic heterocycles. The minimum absolute atomic E-state index is 0.558. The first-order valence-electron chi connectivity index (χ1n) is 10.6. The summed E-state index contributed by atoms with van der Waals surface area (Å²) in [7, 11) is 0. The molecule has 0 heterocycles. The van der Waals surface area contributed by atoms with Gasteiger partial charge >= 0.3 is 6.18 Å². The fourth-order valence-electron chi connectivity index (χ4n) is 3.82. The minimum Gasteiger partial charge on any atom is -0.166 e. The summed E-state index contributed by atoms with van der Waals surface area (Å²) in [5, 5.41) is 4.74. The Hall–Kier alpha value is -3.25. The molecule has 4 rings (SSSR count). The second-order valence-electron chi connectivity index (χ2n) is 7.84. The van der Waals surface area contributed by atoms with Crippen molar-refractivity contribution in [1.82, 2.24) is 0 Å². The molecule has 0 amide bonds. The van der Waals surface area contributed by atoms with E-state index in [1.165, 1.54) is 53.1 Å². The minimum atomic E-state index is -4.33. The number of rotatable bonds is 4. The van der Waals surface area contributed by atoms with Crippen LogP contribution in [-0.2, 0) is 12.6 Å². The van der Waals surface area contributed by atoms with Gasteiger partial charge in [0.15, 0.2) is 0 Å². The molecule has 0 saturated carbocycles. The maximum atomic E-state index is 12.7. The average Bonchev–Trinajstić information content (AvgIpc) is 2.77. The first kappa shape index (κ1) is 21.0. The summed E-state index contributed by atoms with van der Waals surface area (Å²) in [4.78, 5) is 0. The number of aryl methyl sites for hydroxylation is 1. The predicted molar refractivity (Wildman–Crippen MR) is 122 cm³/mol. The Labute approximate surface area is 180 Å². The lowest BCUT2D eigenvalue weighted by Gasteiger charge is -2.07. The van der Waals surface area contributed by atoms with E-state index in [1.807, 2.05) is 12.1 Å². The van der Waals surface area contributed by atoms with Gasteiger partial charge in [-0.1, -0.05) is 68.0 Å². The molecular formula is C28H23F3. The smallest absolute Gasteiger partial charge is 0.166 e. The number of hydrogen-bond acceptors (Lipinski definition) is 0. The molecule has 31 heavy (non-hydrogen) atoms. The summed E-state index contributed by atoms with van der Waals surface area (Å²) < 4.78 is 38.1. The zero-order valence-corrected chi connectivity index (χ0v) is 17.4. The van der Waals surface area contributed by atoms with Crippen molar-refractivity contribution in [2.45, 2.75) is 38.8 Å². The van der Waals surface area contributed by atoms with Crippen LogP contribution in [0.25, 0.3) is 21.5 Å². The molecule has 0 saturated heterocycles. The number of halogens is 3. The van der Waals surface area contributed by atoms with E-state index in [9.17, 15) is 13.2 Å². The van der Waals surface area contributed by atoms with E-state index in [4.69, 9.17) is 0 Å². The third-order valence-corrected chi connectivity index (χ3v) is 5.53. The summed E-state index contributed by atoms with van der Waals surface area (Å²) in [6.45, 7) is 2.22. The van der Waals surface area contributed by atoms with Crippen LogP contribution >= 0.6 is 0 Å². The van der Waals surface area contributed by atoms with Gasteiger partial charge in [-0.25, -0.2) is 0 Å². The van der Waals surface area contributed by atoms with Gasteiger partial charge in [0.25, 0.3) is 0 Å². The van der Waals surface area contributed by atoms with Crippen molar-refractivity contribution < 1.29 is 13.2 Å². The molecule has 3 heteroatoms. The molecule has 0 radical (unpaired) electrons. The third kappa shape index (κ3) is 4.91. The Balaban J connectivity index is 1.59. The van der Waals surface area contributed by atoms with Crippen LogP contribution in [0.15, 0.2) is 72.8 Å². The van der Waals surface area contributed by atoms with E-state index in [1.54, 1.807) is 0 Å². The fourth-order valence-corrected chi connectivity index (χ4v) is 3.82. The van der Waals surface area contributed by atoms with E-state index in [0.717, 1.165) is 29.5 Å². The summed E-state index contributed by atoms with van der Waals surface area (Å²) in [6.07, 6.45) is 0.481. The Morgan fingerprint density at radius 1 is 0.677 bits per heavy atom. The number of unbranched alkanes of at least 4 members (excludes halogenated alkanes) is 2. The van der Waals surface area contributed by atoms with Gasteiger partial charge in [0, 0.05) is 11.1 Å². The highest BCUT2D eigenvalue weighted by Gasteiger charge is 2.29. The molecular weight excluding hydrogens is 393 g/mol. The largest absolute Gasteiger partial charge is 0.416 e. The third-order valence-electron chi connectivity index (χ3n) is 5.53. The van der Waals surface area contributed by atoms with Crippen molar-refractivity contribution in [3.8, 4) is 11.8 Å². The van der Waals surface area contributed by atoms with Crippen LogP contribution in [0, 0.1) is 11.8 Å². The molecule has 0 atom stereocenters. The molecule has 0 N–H and O–H groups in total. The van der Waals surface area contributed by atoms with Crippen LogP contribution in [0.1, 0.15) is 48.4 Å². The molecule has 0 unspecified atom stereocenters. The number of fused-ring (bicyclic) bond motifs is 3. The molecule has 0 spiro atoms. The van der Waals surface area contributed by atoms with E-state index in [-0.39, 0.29) is 0 Å². The maximum Gasteiger partial charge on any atom is 0.416 e. The zero-order valence-electron chi connectivity index (χ0n) is 17.4. The molecule has 0 aromatic heterocycles. The molecule has 156 valence electrons. The predicted octanol–water partition coefficient (Wildman–Crippen LogP) is 8.14. The van der Waals surface area contributed by atoms with Crippen molar-refractivity contribution in [1.29, 1.82) is 0 Å². The number of benzene rings is 4. The number of alkyl halides is 3. The number of hydrogen-bond donors (Lipinski definition) is 0. The fraction of sp³-hybridized carbons (Fsp3) is 0.214.